The second-order valence-electron chi connectivity index (χ2n) is 8.54. The Balaban J connectivity index is 1.22. The van der Waals surface area contributed by atoms with Crippen LogP contribution in [0.4, 0.5) is 20.4 Å². The van der Waals surface area contributed by atoms with Crippen LogP contribution >= 0.6 is 11.8 Å². The Morgan fingerprint density at radius 2 is 1.95 bits per heavy atom. The highest BCUT2D eigenvalue weighted by Gasteiger charge is 2.22. The molecule has 37 heavy (non-hydrogen) atoms. The third-order valence-corrected chi connectivity index (χ3v) is 7.36. The van der Waals surface area contributed by atoms with Crippen molar-refractivity contribution < 1.29 is 13.6 Å². The van der Waals surface area contributed by atoms with Gasteiger partial charge >= 0.3 is 0 Å². The van der Waals surface area contributed by atoms with E-state index in [1.165, 1.54) is 24.8 Å². The molecule has 4 aromatic rings. The number of amides is 1. The van der Waals surface area contributed by atoms with Gasteiger partial charge in [-0.15, -0.1) is 11.8 Å². The van der Waals surface area contributed by atoms with Crippen LogP contribution in [0.15, 0.2) is 61.2 Å². The fraction of sp³-hybridized carbons (Fsp3) is 0.192. The van der Waals surface area contributed by atoms with Crippen LogP contribution in [-0.2, 0) is 0 Å². The number of hydrogen-bond donors (Lipinski definition) is 3. The predicted octanol–water partition coefficient (Wildman–Crippen LogP) is 4.73. The summed E-state index contributed by atoms with van der Waals surface area (Å²) in [6.45, 7) is 2.24. The van der Waals surface area contributed by atoms with E-state index in [-0.39, 0.29) is 10.9 Å². The Labute approximate surface area is 215 Å². The quantitative estimate of drug-likeness (QED) is 0.321. The molecule has 0 spiro atoms. The van der Waals surface area contributed by atoms with E-state index in [9.17, 15) is 13.6 Å². The molecule has 0 fully saturated rings. The molecule has 1 amide bonds. The van der Waals surface area contributed by atoms with Crippen LogP contribution in [0.3, 0.4) is 0 Å². The highest BCUT2D eigenvalue weighted by Crippen LogP contribution is 2.40. The minimum atomic E-state index is -0.969. The predicted molar refractivity (Wildman–Crippen MR) is 141 cm³/mol. The molecular weight excluding hydrogens is 496 g/mol. The van der Waals surface area contributed by atoms with Crippen molar-refractivity contribution in [1.82, 2.24) is 25.3 Å². The van der Waals surface area contributed by atoms with E-state index in [4.69, 9.17) is 5.73 Å². The molecule has 0 aliphatic carbocycles. The number of fused-ring (bicyclic) bond motifs is 1. The number of halogens is 2. The summed E-state index contributed by atoms with van der Waals surface area (Å²) in [5.41, 5.74) is 8.42. The summed E-state index contributed by atoms with van der Waals surface area (Å²) in [7, 11) is 0. The van der Waals surface area contributed by atoms with Crippen LogP contribution in [0.2, 0.25) is 0 Å². The van der Waals surface area contributed by atoms with E-state index in [0.29, 0.717) is 23.7 Å². The fourth-order valence-electron chi connectivity index (χ4n) is 4.03. The van der Waals surface area contributed by atoms with Gasteiger partial charge < -0.3 is 16.4 Å². The summed E-state index contributed by atoms with van der Waals surface area (Å²) in [4.78, 5) is 30.8. The highest BCUT2D eigenvalue weighted by atomic mass is 32.2. The van der Waals surface area contributed by atoms with Gasteiger partial charge in [-0.25, -0.2) is 28.7 Å². The Morgan fingerprint density at radius 1 is 1.11 bits per heavy atom. The standard InChI is InChI=1S/C26H23F2N7OS/c1-14(15-2-5-19(27)20(28)11-15)35-26(36)23-25(31-9-8-30-23)32-12-17-4-7-22(37-17)16-3-6-21-18(10-16)24(29)34-13-33-21/h2-3,5-11,13-14,17H,4,12H2,1H3,(H,31,32)(H,35,36)(H2,29,33,34)/t14-,17?/m0/s1. The number of allylic oxidation sites excluding steroid dienone is 1. The average Bonchev–Trinajstić information content (AvgIpc) is 3.38. The molecule has 1 aliphatic rings. The van der Waals surface area contributed by atoms with Gasteiger partial charge in [0.15, 0.2) is 23.1 Å². The van der Waals surface area contributed by atoms with E-state index in [2.05, 4.69) is 36.6 Å². The Kier molecular flexibility index (Phi) is 6.95. The van der Waals surface area contributed by atoms with Crippen molar-refractivity contribution in [3.63, 3.8) is 0 Å². The molecule has 2 aromatic carbocycles. The molecular formula is C26H23F2N7OS. The van der Waals surface area contributed by atoms with Gasteiger partial charge in [0.2, 0.25) is 0 Å². The average molecular weight is 520 g/mol. The first kappa shape index (κ1) is 24.6. The second kappa shape index (κ2) is 10.5. The Morgan fingerprint density at radius 3 is 2.78 bits per heavy atom. The summed E-state index contributed by atoms with van der Waals surface area (Å²) in [5.74, 6) is -1.59. The van der Waals surface area contributed by atoms with E-state index in [1.807, 2.05) is 18.2 Å². The number of benzene rings is 2. The molecule has 0 radical (unpaired) electrons. The van der Waals surface area contributed by atoms with Crippen molar-refractivity contribution in [3.8, 4) is 0 Å². The van der Waals surface area contributed by atoms with Crippen LogP contribution in [-0.4, -0.2) is 37.6 Å². The topological polar surface area (TPSA) is 119 Å². The van der Waals surface area contributed by atoms with Crippen LogP contribution in [0.1, 0.15) is 41.0 Å². The van der Waals surface area contributed by atoms with E-state index in [0.717, 1.165) is 39.9 Å². The van der Waals surface area contributed by atoms with E-state index in [1.54, 1.807) is 18.7 Å². The van der Waals surface area contributed by atoms with Crippen molar-refractivity contribution in [2.45, 2.75) is 24.6 Å². The lowest BCUT2D eigenvalue weighted by atomic mass is 10.1. The number of rotatable bonds is 7. The van der Waals surface area contributed by atoms with Crippen LogP contribution in [0.25, 0.3) is 15.8 Å². The second-order valence-corrected chi connectivity index (χ2v) is 9.88. The number of nitrogen functional groups attached to an aromatic ring is 1. The lowest BCUT2D eigenvalue weighted by Gasteiger charge is -2.17. The number of nitrogens with one attached hydrogen (secondary N) is 2. The Hall–Kier alpha value is -4.12. The third-order valence-electron chi connectivity index (χ3n) is 6.01. The SMILES string of the molecule is C[C@H](NC(=O)c1nccnc1NCC1CC=C(c2ccc3ncnc(N)c3c2)S1)c1ccc(F)c(F)c1. The molecule has 188 valence electrons. The molecule has 0 bridgehead atoms. The van der Waals surface area contributed by atoms with Crippen molar-refractivity contribution in [3.05, 3.63) is 89.7 Å². The van der Waals surface area contributed by atoms with Crippen LogP contribution in [0, 0.1) is 11.6 Å². The molecule has 0 saturated heterocycles. The van der Waals surface area contributed by atoms with Gasteiger partial charge in [-0.2, -0.15) is 0 Å². The van der Waals surface area contributed by atoms with Gasteiger partial charge in [-0.05, 0) is 48.7 Å². The molecule has 2 atom stereocenters. The summed E-state index contributed by atoms with van der Waals surface area (Å²) in [6, 6.07) is 8.91. The maximum atomic E-state index is 13.6. The number of nitrogens with two attached hydrogens (primary N) is 1. The van der Waals surface area contributed by atoms with E-state index >= 15 is 0 Å². The summed E-state index contributed by atoms with van der Waals surface area (Å²) >= 11 is 1.72. The van der Waals surface area contributed by atoms with Gasteiger partial charge in [0.25, 0.3) is 5.91 Å². The maximum absolute atomic E-state index is 13.6. The monoisotopic (exact) mass is 519 g/mol. The number of hydrogen-bond acceptors (Lipinski definition) is 8. The number of thioether (sulfide) groups is 1. The highest BCUT2D eigenvalue weighted by molar-refractivity contribution is 8.09. The molecule has 8 nitrogen and oxygen atoms in total. The number of carbonyl (C=O) groups excluding carboxylic acids is 1. The lowest BCUT2D eigenvalue weighted by Crippen LogP contribution is -2.29. The first-order valence-electron chi connectivity index (χ1n) is 11.6. The van der Waals surface area contributed by atoms with Crippen molar-refractivity contribution >= 4 is 45.1 Å². The molecule has 11 heteroatoms. The smallest absolute Gasteiger partial charge is 0.274 e. The summed E-state index contributed by atoms with van der Waals surface area (Å²) < 4.78 is 26.8. The van der Waals surface area contributed by atoms with Gasteiger partial charge in [0.05, 0.1) is 11.6 Å². The van der Waals surface area contributed by atoms with Gasteiger partial charge in [-0.3, -0.25) is 4.79 Å². The molecule has 2 aromatic heterocycles. The molecule has 4 N–H and O–H groups in total. The Bertz CT molecular complexity index is 1510. The number of anilines is 2. The normalized spacial score (nSPS) is 15.9. The molecule has 1 unspecified atom stereocenters. The van der Waals surface area contributed by atoms with E-state index < -0.39 is 23.6 Å². The first-order valence-corrected chi connectivity index (χ1v) is 12.4. The number of nitrogens with zero attached hydrogens (tertiary/aromatic N) is 4. The molecule has 0 saturated carbocycles. The van der Waals surface area contributed by atoms with Crippen molar-refractivity contribution in [1.29, 1.82) is 0 Å². The lowest BCUT2D eigenvalue weighted by molar-refractivity contribution is 0.0935. The first-order chi connectivity index (χ1) is 17.9. The zero-order valence-corrected chi connectivity index (χ0v) is 20.6. The van der Waals surface area contributed by atoms with Gasteiger partial charge in [0.1, 0.15) is 12.1 Å². The minimum Gasteiger partial charge on any atom is -0.383 e. The number of aromatic nitrogens is 4. The third kappa shape index (κ3) is 5.36. The minimum absolute atomic E-state index is 0.123. The molecule has 5 rings (SSSR count). The number of carbonyl (C=O) groups is 1. The summed E-state index contributed by atoms with van der Waals surface area (Å²) in [6.07, 6.45) is 7.39. The van der Waals surface area contributed by atoms with Crippen LogP contribution < -0.4 is 16.4 Å². The largest absolute Gasteiger partial charge is 0.383 e. The summed E-state index contributed by atoms with van der Waals surface area (Å²) in [5, 5.41) is 7.04. The zero-order chi connectivity index (χ0) is 25.9. The maximum Gasteiger partial charge on any atom is 0.274 e. The van der Waals surface area contributed by atoms with Crippen molar-refractivity contribution in [2.75, 3.05) is 17.6 Å². The van der Waals surface area contributed by atoms with Gasteiger partial charge in [-0.1, -0.05) is 18.2 Å². The zero-order valence-electron chi connectivity index (χ0n) is 19.8. The van der Waals surface area contributed by atoms with Crippen molar-refractivity contribution in [2.24, 2.45) is 0 Å². The van der Waals surface area contributed by atoms with Crippen LogP contribution in [0.5, 0.6) is 0 Å². The van der Waals surface area contributed by atoms with Gasteiger partial charge in [0, 0.05) is 34.5 Å². The molecule has 3 heterocycles. The fourth-order valence-corrected chi connectivity index (χ4v) is 5.20. The molecule has 1 aliphatic heterocycles.